The SMILES string of the molecule is CC1(COCCCCCCOc2ccc(-c3ccc(OCC4CCC5OC5C4)cc3)cc2)COC1. The van der Waals surface area contributed by atoms with Gasteiger partial charge in [-0.3, -0.25) is 0 Å². The van der Waals surface area contributed by atoms with Crippen molar-refractivity contribution in [3.63, 3.8) is 0 Å². The number of ether oxygens (including phenoxy) is 5. The van der Waals surface area contributed by atoms with Gasteiger partial charge in [0.25, 0.3) is 0 Å². The van der Waals surface area contributed by atoms with Crippen LogP contribution in [0, 0.1) is 11.3 Å². The van der Waals surface area contributed by atoms with Gasteiger partial charge < -0.3 is 23.7 Å². The molecule has 0 bridgehead atoms. The fourth-order valence-corrected chi connectivity index (χ4v) is 5.04. The molecule has 2 aromatic rings. The largest absolute Gasteiger partial charge is 0.494 e. The van der Waals surface area contributed by atoms with Gasteiger partial charge in [-0.2, -0.15) is 0 Å². The van der Waals surface area contributed by atoms with Gasteiger partial charge in [-0.15, -0.1) is 0 Å². The van der Waals surface area contributed by atoms with Gasteiger partial charge in [-0.05, 0) is 79.8 Å². The third-order valence-corrected chi connectivity index (χ3v) is 7.44. The Balaban J connectivity index is 0.942. The van der Waals surface area contributed by atoms with Gasteiger partial charge in [0, 0.05) is 12.0 Å². The Hall–Kier alpha value is -2.08. The van der Waals surface area contributed by atoms with E-state index in [1.54, 1.807) is 0 Å². The lowest BCUT2D eigenvalue weighted by Gasteiger charge is -2.37. The molecule has 5 rings (SSSR count). The minimum Gasteiger partial charge on any atom is -0.494 e. The van der Waals surface area contributed by atoms with Crippen molar-refractivity contribution in [2.45, 2.75) is 64.1 Å². The molecule has 3 atom stereocenters. The summed E-state index contributed by atoms with van der Waals surface area (Å²) in [6.45, 7) is 7.12. The van der Waals surface area contributed by atoms with Crippen molar-refractivity contribution in [1.29, 1.82) is 0 Å². The summed E-state index contributed by atoms with van der Waals surface area (Å²) in [5.74, 6) is 2.50. The zero-order valence-electron chi connectivity index (χ0n) is 21.1. The van der Waals surface area contributed by atoms with E-state index in [-0.39, 0.29) is 5.41 Å². The summed E-state index contributed by atoms with van der Waals surface area (Å²) in [4.78, 5) is 0. The number of hydrogen-bond donors (Lipinski definition) is 0. The maximum Gasteiger partial charge on any atom is 0.119 e. The van der Waals surface area contributed by atoms with Crippen LogP contribution in [-0.4, -0.2) is 51.8 Å². The smallest absolute Gasteiger partial charge is 0.119 e. The van der Waals surface area contributed by atoms with E-state index in [1.807, 2.05) is 0 Å². The van der Waals surface area contributed by atoms with Crippen LogP contribution in [0.25, 0.3) is 11.1 Å². The number of epoxide rings is 1. The van der Waals surface area contributed by atoms with E-state index in [0.29, 0.717) is 18.1 Å². The molecule has 2 aromatic carbocycles. The molecule has 0 amide bonds. The zero-order chi connectivity index (χ0) is 23.9. The van der Waals surface area contributed by atoms with Gasteiger partial charge in [0.2, 0.25) is 0 Å². The van der Waals surface area contributed by atoms with Gasteiger partial charge in [-0.25, -0.2) is 0 Å². The molecule has 0 aromatic heterocycles. The van der Waals surface area contributed by atoms with E-state index in [1.165, 1.54) is 36.8 Å². The third kappa shape index (κ3) is 7.22. The van der Waals surface area contributed by atoms with Crippen molar-refractivity contribution in [2.24, 2.45) is 11.3 Å². The third-order valence-electron chi connectivity index (χ3n) is 7.44. The minimum absolute atomic E-state index is 0.256. The van der Waals surface area contributed by atoms with Crippen LogP contribution < -0.4 is 9.47 Å². The highest BCUT2D eigenvalue weighted by Crippen LogP contribution is 2.39. The Labute approximate surface area is 210 Å². The fraction of sp³-hybridized carbons (Fsp3) is 0.600. The van der Waals surface area contributed by atoms with Crippen LogP contribution in [0.1, 0.15) is 51.9 Å². The van der Waals surface area contributed by atoms with Gasteiger partial charge in [0.1, 0.15) is 11.5 Å². The molecule has 5 heteroatoms. The maximum absolute atomic E-state index is 6.05. The molecule has 3 unspecified atom stereocenters. The second-order valence-electron chi connectivity index (χ2n) is 10.9. The summed E-state index contributed by atoms with van der Waals surface area (Å²) in [6.07, 6.45) is 9.19. The quantitative estimate of drug-likeness (QED) is 0.235. The van der Waals surface area contributed by atoms with Crippen LogP contribution in [0.15, 0.2) is 48.5 Å². The second kappa shape index (κ2) is 11.8. The van der Waals surface area contributed by atoms with Crippen LogP contribution in [-0.2, 0) is 14.2 Å². The molecule has 190 valence electrons. The Bertz CT molecular complexity index is 905. The summed E-state index contributed by atoms with van der Waals surface area (Å²) in [6, 6.07) is 16.8. The highest BCUT2D eigenvalue weighted by Gasteiger charge is 2.43. The van der Waals surface area contributed by atoms with Crippen LogP contribution in [0.5, 0.6) is 11.5 Å². The molecule has 0 N–H and O–H groups in total. The lowest BCUT2D eigenvalue weighted by atomic mass is 9.90. The second-order valence-corrected chi connectivity index (χ2v) is 10.9. The van der Waals surface area contributed by atoms with Crippen molar-refractivity contribution < 1.29 is 23.7 Å². The summed E-state index contributed by atoms with van der Waals surface area (Å²) in [7, 11) is 0. The Morgan fingerprint density at radius 1 is 0.771 bits per heavy atom. The standard InChI is InChI=1S/C30H40O5/c1-30(21-32-22-30)20-31-16-4-2-3-5-17-33-26-11-7-24(8-12-26)25-9-13-27(14-10-25)34-19-23-6-15-28-29(18-23)35-28/h7-14,23,28-29H,2-6,15-22H2,1H3. The molecule has 0 radical (unpaired) electrons. The lowest BCUT2D eigenvalue weighted by Crippen LogP contribution is -2.43. The van der Waals surface area contributed by atoms with Gasteiger partial charge in [0.05, 0.1) is 45.2 Å². The van der Waals surface area contributed by atoms with E-state index >= 15 is 0 Å². The van der Waals surface area contributed by atoms with Crippen molar-refractivity contribution in [3.8, 4) is 22.6 Å². The predicted octanol–water partition coefficient (Wildman–Crippen LogP) is 6.29. The highest BCUT2D eigenvalue weighted by molar-refractivity contribution is 5.64. The molecular weight excluding hydrogens is 440 g/mol. The molecule has 0 spiro atoms. The van der Waals surface area contributed by atoms with E-state index < -0.39 is 0 Å². The average molecular weight is 481 g/mol. The van der Waals surface area contributed by atoms with Gasteiger partial charge in [0.15, 0.2) is 0 Å². The van der Waals surface area contributed by atoms with Crippen molar-refractivity contribution in [2.75, 3.05) is 39.6 Å². The van der Waals surface area contributed by atoms with Crippen LogP contribution in [0.3, 0.4) is 0 Å². The first kappa shape index (κ1) is 24.6. The molecule has 1 saturated carbocycles. The molecule has 35 heavy (non-hydrogen) atoms. The number of hydrogen-bond acceptors (Lipinski definition) is 5. The first-order valence-electron chi connectivity index (χ1n) is 13.4. The first-order chi connectivity index (χ1) is 17.2. The molecular formula is C30H40O5. The topological polar surface area (TPSA) is 49.5 Å². The average Bonchev–Trinajstić information content (AvgIpc) is 3.65. The fourth-order valence-electron chi connectivity index (χ4n) is 5.04. The van der Waals surface area contributed by atoms with Crippen LogP contribution in [0.4, 0.5) is 0 Å². The summed E-state index contributed by atoms with van der Waals surface area (Å²) in [5.41, 5.74) is 2.64. The van der Waals surface area contributed by atoms with Crippen molar-refractivity contribution in [3.05, 3.63) is 48.5 Å². The Morgan fingerprint density at radius 3 is 2.06 bits per heavy atom. The van der Waals surface area contributed by atoms with Crippen LogP contribution in [0.2, 0.25) is 0 Å². The monoisotopic (exact) mass is 480 g/mol. The number of fused-ring (bicyclic) bond motifs is 1. The molecule has 5 nitrogen and oxygen atoms in total. The van der Waals surface area contributed by atoms with E-state index in [2.05, 4.69) is 55.5 Å². The first-order valence-corrected chi connectivity index (χ1v) is 13.4. The highest BCUT2D eigenvalue weighted by atomic mass is 16.6. The predicted molar refractivity (Wildman–Crippen MR) is 137 cm³/mol. The van der Waals surface area contributed by atoms with Gasteiger partial charge >= 0.3 is 0 Å². The normalized spacial score (nSPS) is 24.3. The summed E-state index contributed by atoms with van der Waals surface area (Å²) in [5, 5.41) is 0. The number of rotatable bonds is 14. The lowest BCUT2D eigenvalue weighted by molar-refractivity contribution is -0.137. The number of unbranched alkanes of at least 4 members (excludes halogenated alkanes) is 3. The zero-order valence-corrected chi connectivity index (χ0v) is 21.1. The van der Waals surface area contributed by atoms with Crippen molar-refractivity contribution >= 4 is 0 Å². The summed E-state index contributed by atoms with van der Waals surface area (Å²) < 4.78 is 28.7. The Morgan fingerprint density at radius 2 is 1.43 bits per heavy atom. The molecule has 1 aliphatic carbocycles. The number of benzene rings is 2. The summed E-state index contributed by atoms with van der Waals surface area (Å²) >= 11 is 0. The molecule has 2 aliphatic heterocycles. The van der Waals surface area contributed by atoms with Crippen LogP contribution >= 0.6 is 0 Å². The van der Waals surface area contributed by atoms with Crippen molar-refractivity contribution in [1.82, 2.24) is 0 Å². The Kier molecular flexibility index (Phi) is 8.27. The molecule has 2 heterocycles. The minimum atomic E-state index is 0.256. The van der Waals surface area contributed by atoms with E-state index in [9.17, 15) is 0 Å². The maximum atomic E-state index is 6.05. The van der Waals surface area contributed by atoms with Gasteiger partial charge in [-0.1, -0.05) is 37.6 Å². The van der Waals surface area contributed by atoms with E-state index in [0.717, 1.165) is 70.4 Å². The molecule has 2 saturated heterocycles. The molecule has 3 fully saturated rings. The van der Waals surface area contributed by atoms with E-state index in [4.69, 9.17) is 23.7 Å². The molecule has 3 aliphatic rings.